The van der Waals surface area contributed by atoms with Crippen LogP contribution in [-0.4, -0.2) is 35.7 Å². The second kappa shape index (κ2) is 10.8. The van der Waals surface area contributed by atoms with Crippen molar-refractivity contribution in [2.75, 3.05) is 11.9 Å². The van der Waals surface area contributed by atoms with Gasteiger partial charge in [-0.2, -0.15) is 0 Å². The number of aliphatic carboxylic acids is 1. The van der Waals surface area contributed by atoms with E-state index in [0.717, 1.165) is 33.2 Å². The minimum atomic E-state index is -1.32. The summed E-state index contributed by atoms with van der Waals surface area (Å²) in [6, 6.07) is 20.8. The number of aryl methyl sites for hydroxylation is 1. The van der Waals surface area contributed by atoms with E-state index >= 15 is 0 Å². The van der Waals surface area contributed by atoms with Crippen LogP contribution >= 0.6 is 0 Å². The number of alkyl carbamates (subject to hydrolysis) is 1. The molecule has 3 N–H and O–H groups in total. The first-order valence-electron chi connectivity index (χ1n) is 12.5. The molecule has 1 unspecified atom stereocenters. The Kier molecular flexibility index (Phi) is 7.14. The summed E-state index contributed by atoms with van der Waals surface area (Å²) in [5, 5.41) is 15.4. The number of carboxylic acids is 1. The van der Waals surface area contributed by atoms with Crippen molar-refractivity contribution >= 4 is 34.6 Å². The third-order valence-corrected chi connectivity index (χ3v) is 6.83. The Hall–Kier alpha value is -4.92. The number of benzene rings is 3. The van der Waals surface area contributed by atoms with Gasteiger partial charge in [-0.3, -0.25) is 4.79 Å². The number of carboxylic acid groups (broad SMARTS) is 1. The maximum atomic E-state index is 12.5. The van der Waals surface area contributed by atoms with Crippen LogP contribution in [0.1, 0.15) is 35.4 Å². The molecule has 0 saturated carbocycles. The Morgan fingerprint density at radius 2 is 1.64 bits per heavy atom. The van der Waals surface area contributed by atoms with Crippen LogP contribution in [0.15, 0.2) is 82.0 Å². The van der Waals surface area contributed by atoms with Crippen LogP contribution < -0.4 is 16.3 Å². The molecule has 198 valence electrons. The molecule has 5 rings (SSSR count). The molecule has 3 aromatic carbocycles. The average Bonchev–Trinajstić information content (AvgIpc) is 3.23. The van der Waals surface area contributed by atoms with Gasteiger partial charge in [0.2, 0.25) is 5.91 Å². The summed E-state index contributed by atoms with van der Waals surface area (Å²) < 4.78 is 10.6. The molecule has 0 bridgehead atoms. The van der Waals surface area contributed by atoms with Crippen molar-refractivity contribution in [2.24, 2.45) is 0 Å². The lowest BCUT2D eigenvalue weighted by Gasteiger charge is -2.17. The number of hydrogen-bond acceptors (Lipinski definition) is 6. The van der Waals surface area contributed by atoms with Gasteiger partial charge in [0.25, 0.3) is 0 Å². The van der Waals surface area contributed by atoms with E-state index in [0.29, 0.717) is 11.3 Å². The number of fused-ring (bicyclic) bond motifs is 4. The maximum Gasteiger partial charge on any atom is 0.407 e. The van der Waals surface area contributed by atoms with E-state index in [1.165, 1.54) is 12.1 Å². The molecule has 1 aliphatic carbocycles. The van der Waals surface area contributed by atoms with Gasteiger partial charge in [-0.25, -0.2) is 14.4 Å². The van der Waals surface area contributed by atoms with E-state index < -0.39 is 29.6 Å². The lowest BCUT2D eigenvalue weighted by atomic mass is 9.98. The van der Waals surface area contributed by atoms with Crippen LogP contribution in [0.2, 0.25) is 0 Å². The molecular weight excluding hydrogens is 500 g/mol. The quantitative estimate of drug-likeness (QED) is 0.280. The van der Waals surface area contributed by atoms with Crippen molar-refractivity contribution in [2.45, 2.75) is 31.7 Å². The van der Waals surface area contributed by atoms with E-state index in [4.69, 9.17) is 9.15 Å². The first-order chi connectivity index (χ1) is 18.8. The minimum Gasteiger partial charge on any atom is -0.480 e. The summed E-state index contributed by atoms with van der Waals surface area (Å²) in [6.07, 6.45) is -1.19. The zero-order chi connectivity index (χ0) is 27.5. The third kappa shape index (κ3) is 5.52. The Labute approximate surface area is 223 Å². The van der Waals surface area contributed by atoms with E-state index in [-0.39, 0.29) is 25.4 Å². The molecule has 9 heteroatoms. The van der Waals surface area contributed by atoms with Gasteiger partial charge in [-0.15, -0.1) is 0 Å². The van der Waals surface area contributed by atoms with Gasteiger partial charge < -0.3 is 24.9 Å². The number of anilines is 1. The summed E-state index contributed by atoms with van der Waals surface area (Å²) in [5.74, 6) is -1.89. The van der Waals surface area contributed by atoms with Crippen LogP contribution in [-0.2, 0) is 14.3 Å². The van der Waals surface area contributed by atoms with Crippen LogP contribution in [0.3, 0.4) is 0 Å². The molecule has 1 heterocycles. The molecule has 0 saturated heterocycles. The summed E-state index contributed by atoms with van der Waals surface area (Å²) in [6.45, 7) is 1.83. The Bertz CT molecular complexity index is 1600. The molecule has 39 heavy (non-hydrogen) atoms. The zero-order valence-corrected chi connectivity index (χ0v) is 21.1. The fourth-order valence-corrected chi connectivity index (χ4v) is 4.94. The highest BCUT2D eigenvalue weighted by atomic mass is 16.5. The topological polar surface area (TPSA) is 135 Å². The van der Waals surface area contributed by atoms with E-state index in [9.17, 15) is 24.3 Å². The van der Waals surface area contributed by atoms with Crippen LogP contribution in [0, 0.1) is 6.92 Å². The Balaban J connectivity index is 1.17. The first-order valence-corrected chi connectivity index (χ1v) is 12.5. The van der Waals surface area contributed by atoms with Gasteiger partial charge >= 0.3 is 17.7 Å². The van der Waals surface area contributed by atoms with Crippen LogP contribution in [0.4, 0.5) is 10.5 Å². The highest BCUT2D eigenvalue weighted by molar-refractivity contribution is 5.94. The Morgan fingerprint density at radius 1 is 0.974 bits per heavy atom. The van der Waals surface area contributed by atoms with Gasteiger partial charge in [-0.05, 0) is 53.3 Å². The van der Waals surface area contributed by atoms with Gasteiger partial charge in [-0.1, -0.05) is 48.5 Å². The van der Waals surface area contributed by atoms with Crippen molar-refractivity contribution in [3.63, 3.8) is 0 Å². The minimum absolute atomic E-state index is 0.0459. The summed E-state index contributed by atoms with van der Waals surface area (Å²) in [4.78, 5) is 48.4. The molecule has 4 aromatic rings. The second-order valence-corrected chi connectivity index (χ2v) is 9.41. The van der Waals surface area contributed by atoms with E-state index in [2.05, 4.69) is 10.6 Å². The highest BCUT2D eigenvalue weighted by Gasteiger charge is 2.30. The fourth-order valence-electron chi connectivity index (χ4n) is 4.94. The van der Waals surface area contributed by atoms with Crippen molar-refractivity contribution in [3.8, 4) is 11.1 Å². The number of nitrogens with one attached hydrogen (secondary N) is 2. The van der Waals surface area contributed by atoms with Gasteiger partial charge in [0, 0.05) is 35.5 Å². The number of carbonyl (C=O) groups excluding carboxylic acids is 2. The first kappa shape index (κ1) is 25.7. The molecule has 1 aliphatic rings. The second-order valence-electron chi connectivity index (χ2n) is 9.41. The molecule has 1 atom stereocenters. The summed E-state index contributed by atoms with van der Waals surface area (Å²) in [7, 11) is 0. The third-order valence-electron chi connectivity index (χ3n) is 6.83. The van der Waals surface area contributed by atoms with Crippen molar-refractivity contribution in [3.05, 3.63) is 99.9 Å². The predicted octanol–water partition coefficient (Wildman–Crippen LogP) is 4.81. The van der Waals surface area contributed by atoms with E-state index in [1.54, 1.807) is 19.1 Å². The number of amides is 2. The normalized spacial score (nSPS) is 12.8. The molecule has 0 fully saturated rings. The number of hydrogen-bond donors (Lipinski definition) is 3. The van der Waals surface area contributed by atoms with Crippen molar-refractivity contribution in [1.82, 2.24) is 5.32 Å². The molecule has 1 aromatic heterocycles. The lowest BCUT2D eigenvalue weighted by molar-refractivity contribution is -0.139. The number of ether oxygens (including phenoxy) is 1. The maximum absolute atomic E-state index is 12.5. The lowest BCUT2D eigenvalue weighted by Crippen LogP contribution is -2.42. The fraction of sp³-hybridized carbons (Fsp3) is 0.200. The van der Waals surface area contributed by atoms with Crippen LogP contribution in [0.5, 0.6) is 0 Å². The van der Waals surface area contributed by atoms with Gasteiger partial charge in [0.15, 0.2) is 0 Å². The van der Waals surface area contributed by atoms with Crippen molar-refractivity contribution < 1.29 is 28.6 Å². The average molecular weight is 527 g/mol. The van der Waals surface area contributed by atoms with Crippen molar-refractivity contribution in [1.29, 1.82) is 0 Å². The molecule has 0 radical (unpaired) electrons. The molecular formula is C30H26N2O7. The SMILES string of the molecule is Cc1cc(=O)oc2cc(NC(=O)CCC(NC(=O)OCC3c4ccccc4-c4ccccc43)C(=O)O)ccc12. The monoisotopic (exact) mass is 526 g/mol. The van der Waals surface area contributed by atoms with Gasteiger partial charge in [0.05, 0.1) is 0 Å². The Morgan fingerprint density at radius 3 is 2.31 bits per heavy atom. The molecule has 9 nitrogen and oxygen atoms in total. The molecule has 2 amide bonds. The highest BCUT2D eigenvalue weighted by Crippen LogP contribution is 2.44. The van der Waals surface area contributed by atoms with Crippen LogP contribution in [0.25, 0.3) is 22.1 Å². The largest absolute Gasteiger partial charge is 0.480 e. The predicted molar refractivity (Wildman–Crippen MR) is 145 cm³/mol. The summed E-state index contributed by atoms with van der Waals surface area (Å²) >= 11 is 0. The van der Waals surface area contributed by atoms with Gasteiger partial charge in [0.1, 0.15) is 18.2 Å². The summed E-state index contributed by atoms with van der Waals surface area (Å²) in [5.41, 5.74) is 5.24. The standard InChI is InChI=1S/C30H26N2O7/c1-17-14-28(34)39-26-15-18(10-11-19(17)26)31-27(33)13-12-25(29(35)36)32-30(37)38-16-24-22-8-4-2-6-20(22)21-7-3-5-9-23(21)24/h2-11,14-15,24-25H,12-13,16H2,1H3,(H,31,33)(H,32,37)(H,35,36). The molecule has 0 spiro atoms. The zero-order valence-electron chi connectivity index (χ0n) is 21.1. The molecule has 0 aliphatic heterocycles. The number of rotatable bonds is 8. The van der Waals surface area contributed by atoms with E-state index in [1.807, 2.05) is 48.5 Å². The smallest absolute Gasteiger partial charge is 0.407 e. The number of carbonyl (C=O) groups is 3.